The summed E-state index contributed by atoms with van der Waals surface area (Å²) in [6, 6.07) is 18.5. The minimum atomic E-state index is -1.24. The van der Waals surface area contributed by atoms with Crippen LogP contribution in [0.25, 0.3) is 32.3 Å². The zero-order chi connectivity index (χ0) is 16.8. The van der Waals surface area contributed by atoms with Gasteiger partial charge in [0, 0.05) is 0 Å². The highest BCUT2D eigenvalue weighted by molar-refractivity contribution is 6.21. The van der Waals surface area contributed by atoms with E-state index >= 15 is 0 Å². The molecule has 0 radical (unpaired) electrons. The average Bonchev–Trinajstić information content (AvgIpc) is 2.59. The number of rotatable bonds is 2. The molecule has 4 nitrogen and oxygen atoms in total. The van der Waals surface area contributed by atoms with Gasteiger partial charge in [0.05, 0.1) is 11.1 Å². The van der Waals surface area contributed by atoms with Crippen molar-refractivity contribution in [3.63, 3.8) is 0 Å². The van der Waals surface area contributed by atoms with Crippen LogP contribution in [0.1, 0.15) is 20.7 Å². The summed E-state index contributed by atoms with van der Waals surface area (Å²) in [4.78, 5) is 23.0. The van der Waals surface area contributed by atoms with Crippen LogP contribution in [0, 0.1) is 0 Å². The molecule has 4 aromatic rings. The normalized spacial score (nSPS) is 11.2. The number of aromatic carboxylic acids is 2. The average molecular weight is 316 g/mol. The Hall–Kier alpha value is -3.40. The second-order valence-corrected chi connectivity index (χ2v) is 5.64. The van der Waals surface area contributed by atoms with E-state index in [1.807, 2.05) is 42.5 Å². The molecule has 0 bridgehead atoms. The van der Waals surface area contributed by atoms with Crippen LogP contribution >= 0.6 is 0 Å². The van der Waals surface area contributed by atoms with Crippen LogP contribution in [-0.4, -0.2) is 22.2 Å². The molecule has 2 N–H and O–H groups in total. The lowest BCUT2D eigenvalue weighted by Gasteiger charge is -2.11. The molecular weight excluding hydrogens is 304 g/mol. The summed E-state index contributed by atoms with van der Waals surface area (Å²) in [6.45, 7) is 0. The molecule has 116 valence electrons. The fraction of sp³-hybridized carbons (Fsp3) is 0. The summed E-state index contributed by atoms with van der Waals surface area (Å²) < 4.78 is 0. The highest BCUT2D eigenvalue weighted by Crippen LogP contribution is 2.33. The number of hydrogen-bond acceptors (Lipinski definition) is 2. The zero-order valence-electron chi connectivity index (χ0n) is 12.5. The predicted molar refractivity (Wildman–Crippen MR) is 92.9 cm³/mol. The molecule has 0 aromatic heterocycles. The third-order valence-electron chi connectivity index (χ3n) is 4.37. The van der Waals surface area contributed by atoms with Crippen molar-refractivity contribution in [1.82, 2.24) is 0 Å². The summed E-state index contributed by atoms with van der Waals surface area (Å²) >= 11 is 0. The fourth-order valence-electron chi connectivity index (χ4n) is 3.31. The maximum Gasteiger partial charge on any atom is 0.337 e. The van der Waals surface area contributed by atoms with Gasteiger partial charge in [0.1, 0.15) is 0 Å². The Bertz CT molecular complexity index is 1160. The smallest absolute Gasteiger partial charge is 0.337 e. The van der Waals surface area contributed by atoms with Crippen molar-refractivity contribution in [2.24, 2.45) is 0 Å². The molecule has 0 aliphatic heterocycles. The number of carboxylic acid groups (broad SMARTS) is 2. The largest absolute Gasteiger partial charge is 0.478 e. The predicted octanol–water partition coefficient (Wildman–Crippen LogP) is 4.54. The lowest BCUT2D eigenvalue weighted by Crippen LogP contribution is -2.08. The van der Waals surface area contributed by atoms with Crippen LogP contribution in [0.4, 0.5) is 0 Å². The molecule has 0 heterocycles. The molecule has 4 aromatic carbocycles. The van der Waals surface area contributed by atoms with Gasteiger partial charge < -0.3 is 10.2 Å². The van der Waals surface area contributed by atoms with Crippen LogP contribution in [0.3, 0.4) is 0 Å². The fourth-order valence-corrected chi connectivity index (χ4v) is 3.31. The quantitative estimate of drug-likeness (QED) is 0.532. The van der Waals surface area contributed by atoms with Gasteiger partial charge in [0.2, 0.25) is 0 Å². The van der Waals surface area contributed by atoms with Crippen molar-refractivity contribution < 1.29 is 19.8 Å². The Balaban J connectivity index is 2.20. The van der Waals surface area contributed by atoms with Crippen molar-refractivity contribution in [2.75, 3.05) is 0 Å². The SMILES string of the molecule is O=C(O)c1ccc2c(ccc3c4ccccc4ccc23)c1C(=O)O. The maximum absolute atomic E-state index is 11.6. The topological polar surface area (TPSA) is 74.6 Å². The molecule has 4 heteroatoms. The van der Waals surface area contributed by atoms with E-state index in [1.54, 1.807) is 12.1 Å². The minimum Gasteiger partial charge on any atom is -0.478 e. The van der Waals surface area contributed by atoms with E-state index in [1.165, 1.54) is 6.07 Å². The van der Waals surface area contributed by atoms with Crippen molar-refractivity contribution in [3.05, 3.63) is 71.8 Å². The van der Waals surface area contributed by atoms with Crippen molar-refractivity contribution in [3.8, 4) is 0 Å². The maximum atomic E-state index is 11.6. The first-order valence-corrected chi connectivity index (χ1v) is 7.41. The lowest BCUT2D eigenvalue weighted by atomic mass is 9.93. The monoisotopic (exact) mass is 316 g/mol. The van der Waals surface area contributed by atoms with E-state index in [0.717, 1.165) is 26.9 Å². The van der Waals surface area contributed by atoms with Gasteiger partial charge in [-0.1, -0.05) is 54.6 Å². The van der Waals surface area contributed by atoms with Gasteiger partial charge >= 0.3 is 11.9 Å². The molecular formula is C20H12O4. The molecule has 0 aliphatic rings. The summed E-state index contributed by atoms with van der Waals surface area (Å²) in [5.41, 5.74) is -0.370. The highest BCUT2D eigenvalue weighted by atomic mass is 16.4. The van der Waals surface area contributed by atoms with Gasteiger partial charge in [-0.15, -0.1) is 0 Å². The van der Waals surface area contributed by atoms with Gasteiger partial charge in [0.15, 0.2) is 0 Å². The number of carbonyl (C=O) groups is 2. The Morgan fingerprint density at radius 1 is 0.583 bits per heavy atom. The molecule has 0 atom stereocenters. The number of carboxylic acids is 2. The van der Waals surface area contributed by atoms with E-state index in [2.05, 4.69) is 0 Å². The highest BCUT2D eigenvalue weighted by Gasteiger charge is 2.20. The standard InChI is InChI=1S/C20H12O4/c21-19(22)17-10-8-15-14-6-5-11-3-1-2-4-12(11)13(14)7-9-16(15)18(17)20(23)24/h1-10H,(H,21,22)(H,23,24). The van der Waals surface area contributed by atoms with E-state index in [0.29, 0.717) is 5.39 Å². The van der Waals surface area contributed by atoms with E-state index in [-0.39, 0.29) is 11.1 Å². The molecule has 0 aliphatic carbocycles. The molecule has 0 fully saturated rings. The Morgan fingerprint density at radius 3 is 1.92 bits per heavy atom. The lowest BCUT2D eigenvalue weighted by molar-refractivity contribution is 0.0653. The third-order valence-corrected chi connectivity index (χ3v) is 4.37. The minimum absolute atomic E-state index is 0.171. The first kappa shape index (κ1) is 14.2. The van der Waals surface area contributed by atoms with Gasteiger partial charge in [0.25, 0.3) is 0 Å². The second-order valence-electron chi connectivity index (χ2n) is 5.64. The van der Waals surface area contributed by atoms with Gasteiger partial charge in [-0.25, -0.2) is 9.59 Å². The zero-order valence-corrected chi connectivity index (χ0v) is 12.5. The van der Waals surface area contributed by atoms with Crippen LogP contribution < -0.4 is 0 Å². The molecule has 0 saturated heterocycles. The van der Waals surface area contributed by atoms with Crippen LogP contribution in [0.2, 0.25) is 0 Å². The van der Waals surface area contributed by atoms with E-state index in [9.17, 15) is 19.8 Å². The van der Waals surface area contributed by atoms with E-state index < -0.39 is 11.9 Å². The summed E-state index contributed by atoms with van der Waals surface area (Å²) in [6.07, 6.45) is 0. The molecule has 0 spiro atoms. The summed E-state index contributed by atoms with van der Waals surface area (Å²) in [5.74, 6) is -2.48. The number of fused-ring (bicyclic) bond motifs is 5. The van der Waals surface area contributed by atoms with Gasteiger partial charge in [-0.05, 0) is 38.4 Å². The first-order valence-electron chi connectivity index (χ1n) is 7.41. The summed E-state index contributed by atoms with van der Waals surface area (Å²) in [7, 11) is 0. The second kappa shape index (κ2) is 5.06. The third kappa shape index (κ3) is 1.93. The Morgan fingerprint density at radius 2 is 1.17 bits per heavy atom. The van der Waals surface area contributed by atoms with Crippen molar-refractivity contribution >= 4 is 44.3 Å². The van der Waals surface area contributed by atoms with Gasteiger partial charge in [-0.3, -0.25) is 0 Å². The number of benzene rings is 4. The van der Waals surface area contributed by atoms with Crippen LogP contribution in [-0.2, 0) is 0 Å². The molecule has 0 saturated carbocycles. The van der Waals surface area contributed by atoms with Crippen LogP contribution in [0.5, 0.6) is 0 Å². The summed E-state index contributed by atoms with van der Waals surface area (Å²) in [5, 5.41) is 24.0. The number of hydrogen-bond donors (Lipinski definition) is 2. The molecule has 0 unspecified atom stereocenters. The Labute approximate surface area is 136 Å². The van der Waals surface area contributed by atoms with Crippen molar-refractivity contribution in [1.29, 1.82) is 0 Å². The van der Waals surface area contributed by atoms with Crippen LogP contribution in [0.15, 0.2) is 60.7 Å². The van der Waals surface area contributed by atoms with Gasteiger partial charge in [-0.2, -0.15) is 0 Å². The molecule has 0 amide bonds. The molecule has 4 rings (SSSR count). The molecule has 24 heavy (non-hydrogen) atoms. The van der Waals surface area contributed by atoms with E-state index in [4.69, 9.17) is 0 Å². The first-order chi connectivity index (χ1) is 11.6. The van der Waals surface area contributed by atoms with Crippen molar-refractivity contribution in [2.45, 2.75) is 0 Å². The Kier molecular flexibility index (Phi) is 3.00.